The second kappa shape index (κ2) is 14.2. The van der Waals surface area contributed by atoms with Crippen LogP contribution in [0.5, 0.6) is 5.75 Å². The van der Waals surface area contributed by atoms with Gasteiger partial charge in [0.15, 0.2) is 5.96 Å². The van der Waals surface area contributed by atoms with E-state index < -0.39 is 0 Å². The highest BCUT2D eigenvalue weighted by atomic mass is 127. The summed E-state index contributed by atoms with van der Waals surface area (Å²) in [7, 11) is 4.12. The second-order valence-corrected chi connectivity index (χ2v) is 6.79. The van der Waals surface area contributed by atoms with Gasteiger partial charge >= 0.3 is 0 Å². The average molecular weight is 514 g/mol. The van der Waals surface area contributed by atoms with Crippen LogP contribution < -0.4 is 15.4 Å². The van der Waals surface area contributed by atoms with Gasteiger partial charge in [0.1, 0.15) is 11.6 Å². The minimum Gasteiger partial charge on any atom is -0.494 e. The van der Waals surface area contributed by atoms with Crippen LogP contribution in [0.3, 0.4) is 0 Å². The highest BCUT2D eigenvalue weighted by molar-refractivity contribution is 14.0. The first-order chi connectivity index (χ1) is 13.6. The molecule has 0 fully saturated rings. The van der Waals surface area contributed by atoms with Crippen molar-refractivity contribution in [2.24, 2.45) is 4.99 Å². The average Bonchev–Trinajstić information content (AvgIpc) is 2.69. The summed E-state index contributed by atoms with van der Waals surface area (Å²) >= 11 is 0. The molecule has 0 heterocycles. The molecule has 2 aromatic rings. The minimum atomic E-state index is -0.216. The molecule has 0 spiro atoms. The lowest BCUT2D eigenvalue weighted by Gasteiger charge is -2.12. The van der Waals surface area contributed by atoms with E-state index >= 15 is 0 Å². The van der Waals surface area contributed by atoms with Crippen molar-refractivity contribution in [2.75, 3.05) is 33.8 Å². The molecule has 0 aromatic heterocycles. The highest BCUT2D eigenvalue weighted by Crippen LogP contribution is 2.13. The van der Waals surface area contributed by atoms with Crippen LogP contribution in [0.1, 0.15) is 24.5 Å². The lowest BCUT2D eigenvalue weighted by molar-refractivity contribution is 0.281. The zero-order valence-electron chi connectivity index (χ0n) is 17.5. The molecule has 0 aliphatic heterocycles. The fraction of sp³-hybridized carbons (Fsp3) is 0.409. The molecule has 0 radical (unpaired) electrons. The van der Waals surface area contributed by atoms with Crippen LogP contribution in [0.2, 0.25) is 0 Å². The van der Waals surface area contributed by atoms with Crippen LogP contribution in [0.4, 0.5) is 4.39 Å². The van der Waals surface area contributed by atoms with E-state index in [0.717, 1.165) is 30.8 Å². The number of hydrogen-bond acceptors (Lipinski definition) is 3. The van der Waals surface area contributed by atoms with E-state index in [0.29, 0.717) is 31.2 Å². The van der Waals surface area contributed by atoms with E-state index in [2.05, 4.69) is 34.6 Å². The molecule has 2 aromatic carbocycles. The van der Waals surface area contributed by atoms with E-state index in [1.165, 1.54) is 6.07 Å². The number of aliphatic imine (C=N–C) groups is 1. The van der Waals surface area contributed by atoms with Gasteiger partial charge in [-0.15, -0.1) is 24.0 Å². The van der Waals surface area contributed by atoms with Gasteiger partial charge < -0.3 is 20.3 Å². The largest absolute Gasteiger partial charge is 0.494 e. The van der Waals surface area contributed by atoms with Crippen molar-refractivity contribution >= 4 is 29.9 Å². The number of rotatable bonds is 10. The van der Waals surface area contributed by atoms with Gasteiger partial charge in [-0.2, -0.15) is 0 Å². The van der Waals surface area contributed by atoms with Gasteiger partial charge in [-0.25, -0.2) is 9.38 Å². The monoisotopic (exact) mass is 514 g/mol. The maximum absolute atomic E-state index is 13.8. The minimum absolute atomic E-state index is 0. The summed E-state index contributed by atoms with van der Waals surface area (Å²) in [5.41, 5.74) is 1.70. The van der Waals surface area contributed by atoms with Crippen LogP contribution in [-0.2, 0) is 13.1 Å². The predicted octanol–water partition coefficient (Wildman–Crippen LogP) is 4.03. The molecular weight excluding hydrogens is 482 g/mol. The summed E-state index contributed by atoms with van der Waals surface area (Å²) in [5, 5.41) is 6.36. The number of hydrogen-bond donors (Lipinski definition) is 2. The Balaban J connectivity index is 0.00000420. The predicted molar refractivity (Wildman–Crippen MR) is 129 cm³/mol. The van der Waals surface area contributed by atoms with Gasteiger partial charge in [-0.1, -0.05) is 30.3 Å². The number of ether oxygens (including phenoxy) is 1. The van der Waals surface area contributed by atoms with Crippen LogP contribution in [0.15, 0.2) is 53.5 Å². The SMILES string of the molecule is CCNC(=NCc1ccc(OCCCN(C)C)cc1)NCc1ccccc1F.I. The third-order valence-corrected chi connectivity index (χ3v) is 4.11. The van der Waals surface area contributed by atoms with Crippen LogP contribution in [0.25, 0.3) is 0 Å². The van der Waals surface area contributed by atoms with E-state index in [-0.39, 0.29) is 29.8 Å². The van der Waals surface area contributed by atoms with E-state index in [1.807, 2.05) is 37.3 Å². The zero-order valence-corrected chi connectivity index (χ0v) is 19.8. The molecule has 0 aliphatic carbocycles. The second-order valence-electron chi connectivity index (χ2n) is 6.79. The lowest BCUT2D eigenvalue weighted by atomic mass is 10.2. The number of guanidine groups is 1. The Labute approximate surface area is 190 Å². The first-order valence-electron chi connectivity index (χ1n) is 9.70. The van der Waals surface area contributed by atoms with Crippen molar-refractivity contribution in [2.45, 2.75) is 26.4 Å². The van der Waals surface area contributed by atoms with Crippen molar-refractivity contribution in [1.82, 2.24) is 15.5 Å². The summed E-state index contributed by atoms with van der Waals surface area (Å²) in [6, 6.07) is 14.7. The summed E-state index contributed by atoms with van der Waals surface area (Å²) in [6.07, 6.45) is 0.999. The third-order valence-electron chi connectivity index (χ3n) is 4.11. The fourth-order valence-corrected chi connectivity index (χ4v) is 2.59. The summed E-state index contributed by atoms with van der Waals surface area (Å²) in [4.78, 5) is 6.72. The van der Waals surface area contributed by atoms with Crippen LogP contribution >= 0.6 is 24.0 Å². The highest BCUT2D eigenvalue weighted by Gasteiger charge is 2.03. The van der Waals surface area contributed by atoms with Gasteiger partial charge in [0, 0.05) is 25.2 Å². The van der Waals surface area contributed by atoms with E-state index in [9.17, 15) is 4.39 Å². The summed E-state index contributed by atoms with van der Waals surface area (Å²) < 4.78 is 19.5. The van der Waals surface area contributed by atoms with Gasteiger partial charge in [0.25, 0.3) is 0 Å². The molecular formula is C22H32FIN4O. The van der Waals surface area contributed by atoms with Crippen molar-refractivity contribution < 1.29 is 9.13 Å². The van der Waals surface area contributed by atoms with E-state index in [4.69, 9.17) is 4.74 Å². The van der Waals surface area contributed by atoms with Gasteiger partial charge in [0.05, 0.1) is 13.2 Å². The summed E-state index contributed by atoms with van der Waals surface area (Å²) in [6.45, 7) is 5.39. The van der Waals surface area contributed by atoms with E-state index in [1.54, 1.807) is 12.1 Å². The standard InChI is InChI=1S/C22H31FN4O.HI/c1-4-24-22(26-17-19-8-5-6-9-21(19)23)25-16-18-10-12-20(13-11-18)28-15-7-14-27(2)3;/h5-6,8-13H,4,7,14-17H2,1-3H3,(H2,24,25,26);1H. The maximum Gasteiger partial charge on any atom is 0.191 e. The Morgan fingerprint density at radius 3 is 2.45 bits per heavy atom. The molecule has 7 heteroatoms. The summed E-state index contributed by atoms with van der Waals surface area (Å²) in [5.74, 6) is 1.32. The molecule has 0 aliphatic rings. The first kappa shape index (κ1) is 25.2. The molecule has 0 atom stereocenters. The Morgan fingerprint density at radius 1 is 1.07 bits per heavy atom. The van der Waals surface area contributed by atoms with Gasteiger partial charge in [-0.05, 0) is 51.2 Å². The molecule has 0 bridgehead atoms. The number of nitrogens with zero attached hydrogens (tertiary/aromatic N) is 2. The van der Waals surface area contributed by atoms with Crippen molar-refractivity contribution in [1.29, 1.82) is 0 Å². The Hall–Kier alpha value is -1.87. The molecule has 0 saturated carbocycles. The normalized spacial score (nSPS) is 11.1. The Morgan fingerprint density at radius 2 is 1.79 bits per heavy atom. The molecule has 0 saturated heterocycles. The van der Waals surface area contributed by atoms with Crippen LogP contribution in [-0.4, -0.2) is 44.7 Å². The topological polar surface area (TPSA) is 48.9 Å². The van der Waals surface area contributed by atoms with Crippen molar-refractivity contribution in [3.8, 4) is 5.75 Å². The van der Waals surface area contributed by atoms with Gasteiger partial charge in [-0.3, -0.25) is 0 Å². The van der Waals surface area contributed by atoms with Crippen molar-refractivity contribution in [3.63, 3.8) is 0 Å². The van der Waals surface area contributed by atoms with Crippen LogP contribution in [0, 0.1) is 5.82 Å². The Kier molecular flexibility index (Phi) is 12.3. The molecule has 2 rings (SSSR count). The molecule has 5 nitrogen and oxygen atoms in total. The maximum atomic E-state index is 13.8. The quantitative estimate of drug-likeness (QED) is 0.218. The third kappa shape index (κ3) is 9.94. The van der Waals surface area contributed by atoms with Crippen molar-refractivity contribution in [3.05, 3.63) is 65.5 Å². The molecule has 160 valence electrons. The Bertz CT molecular complexity index is 738. The fourth-order valence-electron chi connectivity index (χ4n) is 2.59. The van der Waals surface area contributed by atoms with Gasteiger partial charge in [0.2, 0.25) is 0 Å². The zero-order chi connectivity index (χ0) is 20.2. The molecule has 2 N–H and O–H groups in total. The number of halogens is 2. The molecule has 0 unspecified atom stereocenters. The molecule has 29 heavy (non-hydrogen) atoms. The molecule has 0 amide bonds. The number of benzene rings is 2. The lowest BCUT2D eigenvalue weighted by Crippen LogP contribution is -2.37. The number of nitrogens with one attached hydrogen (secondary N) is 2. The first-order valence-corrected chi connectivity index (χ1v) is 9.70. The smallest absolute Gasteiger partial charge is 0.191 e.